The summed E-state index contributed by atoms with van der Waals surface area (Å²) in [6.45, 7) is 0. The lowest BCUT2D eigenvalue weighted by atomic mass is 10.2. The lowest BCUT2D eigenvalue weighted by Crippen LogP contribution is -1.77. The Bertz CT molecular complexity index is 716. The fourth-order valence-electron chi connectivity index (χ4n) is 1.73. The minimum absolute atomic E-state index is 0.518. The maximum Gasteiger partial charge on any atom is 0.227 e. The number of carbonyl (C=O) groups is 1. The van der Waals surface area contributed by atoms with Crippen molar-refractivity contribution in [3.8, 4) is 11.5 Å². The zero-order chi connectivity index (χ0) is 12.5. The van der Waals surface area contributed by atoms with Crippen LogP contribution in [0, 0.1) is 0 Å². The Morgan fingerprint density at radius 2 is 1.89 bits per heavy atom. The lowest BCUT2D eigenvalue weighted by Gasteiger charge is -1.94. The summed E-state index contributed by atoms with van der Waals surface area (Å²) in [5, 5.41) is 0.665. The molecule has 0 saturated heterocycles. The Morgan fingerprint density at radius 3 is 2.61 bits per heavy atom. The molecule has 1 aromatic heterocycles. The van der Waals surface area contributed by atoms with Crippen LogP contribution in [0.15, 0.2) is 46.9 Å². The summed E-state index contributed by atoms with van der Waals surface area (Å²) in [6.07, 6.45) is 0.782. The summed E-state index contributed by atoms with van der Waals surface area (Å²) in [4.78, 5) is 15.1. The molecular formula is C14H8ClNO2. The van der Waals surface area contributed by atoms with Gasteiger partial charge in [0.1, 0.15) is 11.8 Å². The maximum absolute atomic E-state index is 10.7. The van der Waals surface area contributed by atoms with Gasteiger partial charge in [-0.05, 0) is 42.5 Å². The van der Waals surface area contributed by atoms with Crippen LogP contribution in [0.5, 0.6) is 0 Å². The Morgan fingerprint density at radius 1 is 1.11 bits per heavy atom. The molecule has 0 saturated carbocycles. The molecule has 18 heavy (non-hydrogen) atoms. The molecule has 1 heterocycles. The summed E-state index contributed by atoms with van der Waals surface area (Å²) in [5.74, 6) is 0.518. The number of aromatic nitrogens is 1. The second-order valence-corrected chi connectivity index (χ2v) is 4.31. The number of fused-ring (bicyclic) bond motifs is 1. The first-order valence-corrected chi connectivity index (χ1v) is 5.76. The van der Waals surface area contributed by atoms with Gasteiger partial charge >= 0.3 is 0 Å². The van der Waals surface area contributed by atoms with Gasteiger partial charge in [-0.25, -0.2) is 4.98 Å². The average Bonchev–Trinajstić information content (AvgIpc) is 2.82. The number of hydrogen-bond donors (Lipinski definition) is 0. The normalized spacial score (nSPS) is 10.7. The topological polar surface area (TPSA) is 43.1 Å². The highest BCUT2D eigenvalue weighted by Crippen LogP contribution is 2.25. The smallest absolute Gasteiger partial charge is 0.227 e. The van der Waals surface area contributed by atoms with Crippen molar-refractivity contribution in [1.29, 1.82) is 0 Å². The number of hydrogen-bond acceptors (Lipinski definition) is 3. The van der Waals surface area contributed by atoms with E-state index in [4.69, 9.17) is 16.0 Å². The molecule has 88 valence electrons. The van der Waals surface area contributed by atoms with E-state index in [2.05, 4.69) is 4.98 Å². The van der Waals surface area contributed by atoms with Crippen molar-refractivity contribution < 1.29 is 9.21 Å². The molecule has 0 bridgehead atoms. The SMILES string of the molecule is O=Cc1ccc2nc(-c3ccc(Cl)cc3)oc2c1. The van der Waals surface area contributed by atoms with E-state index in [1.54, 1.807) is 30.3 Å². The Hall–Kier alpha value is -2.13. The van der Waals surface area contributed by atoms with Crippen LogP contribution in [0.4, 0.5) is 0 Å². The molecule has 0 atom stereocenters. The van der Waals surface area contributed by atoms with Gasteiger partial charge in [-0.1, -0.05) is 11.6 Å². The van der Waals surface area contributed by atoms with Crippen LogP contribution < -0.4 is 0 Å². The van der Waals surface area contributed by atoms with Crippen molar-refractivity contribution in [3.63, 3.8) is 0 Å². The molecule has 0 N–H and O–H groups in total. The van der Waals surface area contributed by atoms with Crippen molar-refractivity contribution in [1.82, 2.24) is 4.98 Å². The van der Waals surface area contributed by atoms with Crippen molar-refractivity contribution in [3.05, 3.63) is 53.1 Å². The third kappa shape index (κ3) is 1.89. The molecule has 3 aromatic rings. The largest absolute Gasteiger partial charge is 0.436 e. The number of aldehydes is 1. The number of halogens is 1. The molecule has 4 heteroatoms. The van der Waals surface area contributed by atoms with Crippen molar-refractivity contribution in [2.75, 3.05) is 0 Å². The van der Waals surface area contributed by atoms with Gasteiger partial charge in [-0.3, -0.25) is 4.79 Å². The standard InChI is InChI=1S/C14H8ClNO2/c15-11-4-2-10(3-5-11)14-16-12-6-1-9(8-17)7-13(12)18-14/h1-8H. The minimum atomic E-state index is 0.518. The molecule has 2 aromatic carbocycles. The molecule has 0 spiro atoms. The predicted octanol–water partition coefficient (Wildman–Crippen LogP) is 3.96. The van der Waals surface area contributed by atoms with Crippen LogP contribution in [0.3, 0.4) is 0 Å². The van der Waals surface area contributed by atoms with Crippen LogP contribution >= 0.6 is 11.6 Å². The van der Waals surface area contributed by atoms with E-state index in [-0.39, 0.29) is 0 Å². The predicted molar refractivity (Wildman–Crippen MR) is 69.8 cm³/mol. The summed E-state index contributed by atoms with van der Waals surface area (Å²) in [7, 11) is 0. The van der Waals surface area contributed by atoms with Crippen LogP contribution in [-0.2, 0) is 0 Å². The highest BCUT2D eigenvalue weighted by Gasteiger charge is 2.08. The van der Waals surface area contributed by atoms with Crippen LogP contribution in [-0.4, -0.2) is 11.3 Å². The van der Waals surface area contributed by atoms with Gasteiger partial charge in [-0.15, -0.1) is 0 Å². The molecule has 0 radical (unpaired) electrons. The summed E-state index contributed by atoms with van der Waals surface area (Å²) >= 11 is 5.83. The van der Waals surface area contributed by atoms with E-state index in [0.29, 0.717) is 22.1 Å². The van der Waals surface area contributed by atoms with Crippen molar-refractivity contribution in [2.24, 2.45) is 0 Å². The number of benzene rings is 2. The molecule has 3 nitrogen and oxygen atoms in total. The molecule has 0 amide bonds. The molecule has 0 fully saturated rings. The fourth-order valence-corrected chi connectivity index (χ4v) is 1.86. The summed E-state index contributed by atoms with van der Waals surface area (Å²) < 4.78 is 5.62. The first kappa shape index (κ1) is 11.0. The van der Waals surface area contributed by atoms with Crippen LogP contribution in [0.25, 0.3) is 22.6 Å². The van der Waals surface area contributed by atoms with E-state index < -0.39 is 0 Å². The van der Waals surface area contributed by atoms with E-state index in [1.807, 2.05) is 12.1 Å². The molecular weight excluding hydrogens is 250 g/mol. The maximum atomic E-state index is 10.7. The van der Waals surface area contributed by atoms with Crippen molar-refractivity contribution in [2.45, 2.75) is 0 Å². The fraction of sp³-hybridized carbons (Fsp3) is 0. The summed E-state index contributed by atoms with van der Waals surface area (Å²) in [5.41, 5.74) is 2.75. The minimum Gasteiger partial charge on any atom is -0.436 e. The van der Waals surface area contributed by atoms with Gasteiger partial charge < -0.3 is 4.42 Å². The van der Waals surface area contributed by atoms with Crippen LogP contribution in [0.1, 0.15) is 10.4 Å². The van der Waals surface area contributed by atoms with Gasteiger partial charge in [0.15, 0.2) is 5.58 Å². The first-order valence-electron chi connectivity index (χ1n) is 5.38. The number of oxazole rings is 1. The molecule has 0 aliphatic rings. The Kier molecular flexibility index (Phi) is 2.61. The molecule has 0 aliphatic carbocycles. The van der Waals surface area contributed by atoms with Gasteiger partial charge in [0.2, 0.25) is 5.89 Å². The summed E-state index contributed by atoms with van der Waals surface area (Å²) in [6, 6.07) is 12.4. The Balaban J connectivity index is 2.12. The highest BCUT2D eigenvalue weighted by atomic mass is 35.5. The van der Waals surface area contributed by atoms with Gasteiger partial charge in [0, 0.05) is 16.1 Å². The monoisotopic (exact) mass is 257 g/mol. The second kappa shape index (κ2) is 4.27. The third-order valence-electron chi connectivity index (χ3n) is 2.64. The Labute approximate surface area is 108 Å². The quantitative estimate of drug-likeness (QED) is 0.653. The number of carbonyl (C=O) groups excluding carboxylic acids is 1. The first-order chi connectivity index (χ1) is 8.76. The van der Waals surface area contributed by atoms with Gasteiger partial charge in [-0.2, -0.15) is 0 Å². The second-order valence-electron chi connectivity index (χ2n) is 3.87. The third-order valence-corrected chi connectivity index (χ3v) is 2.89. The van der Waals surface area contributed by atoms with Crippen LogP contribution in [0.2, 0.25) is 5.02 Å². The van der Waals surface area contributed by atoms with Crippen molar-refractivity contribution >= 4 is 29.0 Å². The van der Waals surface area contributed by atoms with E-state index in [9.17, 15) is 4.79 Å². The lowest BCUT2D eigenvalue weighted by molar-refractivity contribution is 0.112. The molecule has 0 unspecified atom stereocenters. The van der Waals surface area contributed by atoms with E-state index in [1.165, 1.54) is 0 Å². The highest BCUT2D eigenvalue weighted by molar-refractivity contribution is 6.30. The average molecular weight is 258 g/mol. The van der Waals surface area contributed by atoms with E-state index >= 15 is 0 Å². The molecule has 0 aliphatic heterocycles. The number of rotatable bonds is 2. The molecule has 3 rings (SSSR count). The zero-order valence-corrected chi connectivity index (χ0v) is 10.0. The zero-order valence-electron chi connectivity index (χ0n) is 9.26. The van der Waals surface area contributed by atoms with Gasteiger partial charge in [0.25, 0.3) is 0 Å². The van der Waals surface area contributed by atoms with E-state index in [0.717, 1.165) is 17.4 Å². The number of nitrogens with zero attached hydrogens (tertiary/aromatic N) is 1. The van der Waals surface area contributed by atoms with Gasteiger partial charge in [0.05, 0.1) is 0 Å².